The highest BCUT2D eigenvalue weighted by Crippen LogP contribution is 2.32. The number of nitrogens with two attached hydrogens (primary N) is 1. The summed E-state index contributed by atoms with van der Waals surface area (Å²) in [6, 6.07) is 8.31. The number of aryl methyl sites for hydroxylation is 1. The minimum Gasteiger partial charge on any atom is -0.330 e. The van der Waals surface area contributed by atoms with Gasteiger partial charge in [-0.1, -0.05) is 43.0 Å². The SMILES string of the molecule is CCc1ccc(-c2cc(C(F)(F)F)nc(SCCN)n2)cc1. The number of hydrogen-bond donors (Lipinski definition) is 1. The van der Waals surface area contributed by atoms with Gasteiger partial charge in [-0.3, -0.25) is 0 Å². The van der Waals surface area contributed by atoms with Crippen molar-refractivity contribution in [2.24, 2.45) is 5.73 Å². The highest BCUT2D eigenvalue weighted by Gasteiger charge is 2.33. The Balaban J connectivity index is 2.43. The van der Waals surface area contributed by atoms with Crippen LogP contribution in [0.5, 0.6) is 0 Å². The van der Waals surface area contributed by atoms with Crippen LogP contribution < -0.4 is 5.73 Å². The fourth-order valence-electron chi connectivity index (χ4n) is 1.84. The quantitative estimate of drug-likeness (QED) is 0.671. The maximum atomic E-state index is 13.0. The molecule has 1 heterocycles. The van der Waals surface area contributed by atoms with Crippen molar-refractivity contribution in [3.63, 3.8) is 0 Å². The molecule has 0 aliphatic rings. The van der Waals surface area contributed by atoms with Gasteiger partial charge in [-0.25, -0.2) is 9.97 Å². The van der Waals surface area contributed by atoms with Gasteiger partial charge >= 0.3 is 6.18 Å². The Hall–Kier alpha value is -1.60. The maximum Gasteiger partial charge on any atom is 0.433 e. The third-order valence-corrected chi connectivity index (χ3v) is 3.88. The van der Waals surface area contributed by atoms with Gasteiger partial charge in [0.25, 0.3) is 0 Å². The zero-order chi connectivity index (χ0) is 16.2. The summed E-state index contributed by atoms with van der Waals surface area (Å²) in [6.45, 7) is 2.37. The van der Waals surface area contributed by atoms with E-state index in [1.165, 1.54) is 0 Å². The molecule has 7 heteroatoms. The van der Waals surface area contributed by atoms with Crippen molar-refractivity contribution in [2.75, 3.05) is 12.3 Å². The molecule has 0 aliphatic heterocycles. The predicted molar refractivity (Wildman–Crippen MR) is 81.6 cm³/mol. The second-order valence-corrected chi connectivity index (χ2v) is 5.67. The van der Waals surface area contributed by atoms with E-state index in [9.17, 15) is 13.2 Å². The molecule has 0 unspecified atom stereocenters. The first kappa shape index (κ1) is 16.8. The van der Waals surface area contributed by atoms with Gasteiger partial charge in [-0.15, -0.1) is 0 Å². The number of halogens is 3. The summed E-state index contributed by atoms with van der Waals surface area (Å²) in [5.74, 6) is 0.468. The van der Waals surface area contributed by atoms with Crippen LogP contribution >= 0.6 is 11.8 Å². The third kappa shape index (κ3) is 4.20. The average Bonchev–Trinajstić information content (AvgIpc) is 2.52. The minimum absolute atomic E-state index is 0.0924. The Kier molecular flexibility index (Phi) is 5.42. The maximum absolute atomic E-state index is 13.0. The van der Waals surface area contributed by atoms with Gasteiger partial charge in [0.15, 0.2) is 5.16 Å². The number of benzene rings is 1. The number of rotatable bonds is 5. The number of thioether (sulfide) groups is 1. The van der Waals surface area contributed by atoms with Crippen molar-refractivity contribution in [3.8, 4) is 11.3 Å². The smallest absolute Gasteiger partial charge is 0.330 e. The molecule has 1 aromatic carbocycles. The summed E-state index contributed by atoms with van der Waals surface area (Å²) >= 11 is 1.12. The van der Waals surface area contributed by atoms with Gasteiger partial charge in [0, 0.05) is 17.9 Å². The summed E-state index contributed by atoms with van der Waals surface area (Å²) in [6.07, 6.45) is -3.63. The average molecular weight is 327 g/mol. The molecule has 2 N–H and O–H groups in total. The van der Waals surface area contributed by atoms with Crippen LogP contribution in [0.4, 0.5) is 13.2 Å². The first-order chi connectivity index (χ1) is 10.4. The lowest BCUT2D eigenvalue weighted by molar-refractivity contribution is -0.141. The molecule has 0 spiro atoms. The lowest BCUT2D eigenvalue weighted by Gasteiger charge is -2.10. The molecule has 118 valence electrons. The van der Waals surface area contributed by atoms with Crippen molar-refractivity contribution in [3.05, 3.63) is 41.6 Å². The normalized spacial score (nSPS) is 11.7. The molecule has 0 atom stereocenters. The van der Waals surface area contributed by atoms with Gasteiger partial charge in [-0.05, 0) is 18.1 Å². The van der Waals surface area contributed by atoms with Crippen molar-refractivity contribution >= 4 is 11.8 Å². The van der Waals surface area contributed by atoms with E-state index in [0.29, 0.717) is 17.9 Å². The van der Waals surface area contributed by atoms with Crippen molar-refractivity contribution in [1.82, 2.24) is 9.97 Å². The van der Waals surface area contributed by atoms with E-state index in [-0.39, 0.29) is 10.9 Å². The van der Waals surface area contributed by atoms with Crippen LogP contribution in [-0.2, 0) is 12.6 Å². The summed E-state index contributed by atoms with van der Waals surface area (Å²) in [5.41, 5.74) is 6.47. The van der Waals surface area contributed by atoms with E-state index in [0.717, 1.165) is 29.8 Å². The van der Waals surface area contributed by atoms with Gasteiger partial charge in [-0.2, -0.15) is 13.2 Å². The van der Waals surface area contributed by atoms with Crippen LogP contribution in [0.1, 0.15) is 18.2 Å². The van der Waals surface area contributed by atoms with Crippen molar-refractivity contribution < 1.29 is 13.2 Å². The van der Waals surface area contributed by atoms with Crippen LogP contribution in [-0.4, -0.2) is 22.3 Å². The van der Waals surface area contributed by atoms with Crippen molar-refractivity contribution in [1.29, 1.82) is 0 Å². The van der Waals surface area contributed by atoms with Crippen molar-refractivity contribution in [2.45, 2.75) is 24.7 Å². The monoisotopic (exact) mass is 327 g/mol. The molecule has 3 nitrogen and oxygen atoms in total. The number of alkyl halides is 3. The third-order valence-electron chi connectivity index (χ3n) is 3.00. The summed E-state index contributed by atoms with van der Waals surface area (Å²) < 4.78 is 38.9. The van der Waals surface area contributed by atoms with Gasteiger partial charge in [0.2, 0.25) is 0 Å². The lowest BCUT2D eigenvalue weighted by atomic mass is 10.1. The molecule has 2 aromatic rings. The Labute approximate surface area is 131 Å². The van der Waals surface area contributed by atoms with Gasteiger partial charge in [0.05, 0.1) is 5.69 Å². The minimum atomic E-state index is -4.50. The molecule has 0 aliphatic carbocycles. The predicted octanol–water partition coefficient (Wildman–Crippen LogP) is 3.78. The van der Waals surface area contributed by atoms with E-state index in [2.05, 4.69) is 9.97 Å². The van der Waals surface area contributed by atoms with E-state index in [1.807, 2.05) is 19.1 Å². The van der Waals surface area contributed by atoms with E-state index >= 15 is 0 Å². The molecular formula is C15H16F3N3S. The molecular weight excluding hydrogens is 311 g/mol. The summed E-state index contributed by atoms with van der Waals surface area (Å²) in [4.78, 5) is 7.78. The Morgan fingerprint density at radius 2 is 1.82 bits per heavy atom. The summed E-state index contributed by atoms with van der Waals surface area (Å²) in [7, 11) is 0. The Morgan fingerprint density at radius 1 is 1.14 bits per heavy atom. The highest BCUT2D eigenvalue weighted by molar-refractivity contribution is 7.99. The molecule has 0 amide bonds. The Morgan fingerprint density at radius 3 is 2.36 bits per heavy atom. The first-order valence-electron chi connectivity index (χ1n) is 6.82. The second kappa shape index (κ2) is 7.11. The van der Waals surface area contributed by atoms with Gasteiger partial charge in [0.1, 0.15) is 5.69 Å². The molecule has 22 heavy (non-hydrogen) atoms. The van der Waals surface area contributed by atoms with Crippen LogP contribution in [0.25, 0.3) is 11.3 Å². The molecule has 0 bridgehead atoms. The van der Waals surface area contributed by atoms with E-state index in [4.69, 9.17) is 5.73 Å². The van der Waals surface area contributed by atoms with E-state index in [1.54, 1.807) is 12.1 Å². The standard InChI is InChI=1S/C15H16F3N3S/c1-2-10-3-5-11(6-4-10)12-9-13(15(16,17)18)21-14(20-12)22-8-7-19/h3-6,9H,2,7-8,19H2,1H3. The number of aromatic nitrogens is 2. The zero-order valence-electron chi connectivity index (χ0n) is 12.0. The molecule has 1 aromatic heterocycles. The molecule has 2 rings (SSSR count). The second-order valence-electron chi connectivity index (χ2n) is 4.61. The first-order valence-corrected chi connectivity index (χ1v) is 7.81. The fourth-order valence-corrected chi connectivity index (χ4v) is 2.47. The van der Waals surface area contributed by atoms with Crippen LogP contribution in [0, 0.1) is 0 Å². The lowest BCUT2D eigenvalue weighted by Crippen LogP contribution is -2.11. The fraction of sp³-hybridized carbons (Fsp3) is 0.333. The Bertz CT molecular complexity index is 627. The highest BCUT2D eigenvalue weighted by atomic mass is 32.2. The molecule has 0 saturated heterocycles. The van der Waals surface area contributed by atoms with Crippen LogP contribution in [0.3, 0.4) is 0 Å². The topological polar surface area (TPSA) is 51.8 Å². The van der Waals surface area contributed by atoms with E-state index < -0.39 is 11.9 Å². The summed E-state index contributed by atoms with van der Waals surface area (Å²) in [5, 5.41) is 0.0924. The number of hydrogen-bond acceptors (Lipinski definition) is 4. The zero-order valence-corrected chi connectivity index (χ0v) is 12.8. The molecule has 0 radical (unpaired) electrons. The molecule has 0 fully saturated rings. The number of nitrogens with zero attached hydrogens (tertiary/aromatic N) is 2. The van der Waals surface area contributed by atoms with Crippen LogP contribution in [0.2, 0.25) is 0 Å². The largest absolute Gasteiger partial charge is 0.433 e. The molecule has 0 saturated carbocycles. The van der Waals surface area contributed by atoms with Gasteiger partial charge < -0.3 is 5.73 Å². The van der Waals surface area contributed by atoms with Crippen LogP contribution in [0.15, 0.2) is 35.5 Å².